The van der Waals surface area contributed by atoms with Crippen molar-refractivity contribution < 1.29 is 54.6 Å². The predicted octanol–water partition coefficient (Wildman–Crippen LogP) is 2.34. The number of carbonyl (C=O) groups is 3. The van der Waals surface area contributed by atoms with Crippen molar-refractivity contribution in [1.82, 2.24) is 4.31 Å². The van der Waals surface area contributed by atoms with Gasteiger partial charge in [-0.25, -0.2) is 26.0 Å². The van der Waals surface area contributed by atoms with Crippen LogP contribution in [0.2, 0.25) is 0 Å². The third-order valence-electron chi connectivity index (χ3n) is 4.91. The van der Waals surface area contributed by atoms with E-state index in [1.807, 2.05) is 0 Å². The van der Waals surface area contributed by atoms with Crippen LogP contribution in [-0.4, -0.2) is 62.7 Å². The van der Waals surface area contributed by atoms with E-state index in [0.717, 1.165) is 19.9 Å². The van der Waals surface area contributed by atoms with Crippen molar-refractivity contribution >= 4 is 33.6 Å². The van der Waals surface area contributed by atoms with Gasteiger partial charge in [0.2, 0.25) is 16.3 Å². The highest BCUT2D eigenvalue weighted by Gasteiger charge is 2.37. The Hall–Kier alpha value is -3.56. The van der Waals surface area contributed by atoms with Gasteiger partial charge in [-0.3, -0.25) is 14.4 Å². The molecule has 15 heteroatoms. The number of nitrogens with one attached hydrogen (secondary N) is 1. The summed E-state index contributed by atoms with van der Waals surface area (Å²) in [5.41, 5.74) is -0.905. The monoisotopic (exact) mass is 548 g/mol. The largest absolute Gasteiger partial charge is 0.459 e. The number of carbonyl (C=O) groups excluding carboxylic acids is 3. The summed E-state index contributed by atoms with van der Waals surface area (Å²) in [5, 5.41) is 2.06. The van der Waals surface area contributed by atoms with Crippen LogP contribution in [0.3, 0.4) is 0 Å². The smallest absolute Gasteiger partial charge is 0.304 e. The zero-order valence-corrected chi connectivity index (χ0v) is 20.1. The second kappa shape index (κ2) is 11.2. The molecule has 1 aliphatic rings. The SMILES string of the molecule is CC(=O)O[C@@H]1CO[C@H](OC(C)=O)CN(S(=O)(=O)c2cc(C(=O)Nc3cc(F)c(F)c(F)c3)ccc2F)C1. The van der Waals surface area contributed by atoms with E-state index >= 15 is 0 Å². The molecule has 1 fully saturated rings. The summed E-state index contributed by atoms with van der Waals surface area (Å²) in [6.45, 7) is 0.706. The number of sulfonamides is 1. The summed E-state index contributed by atoms with van der Waals surface area (Å²) < 4.78 is 97.4. The van der Waals surface area contributed by atoms with Gasteiger partial charge in [-0.2, -0.15) is 4.31 Å². The number of anilines is 1. The Bertz CT molecular complexity index is 1290. The van der Waals surface area contributed by atoms with Crippen molar-refractivity contribution in [1.29, 1.82) is 0 Å². The van der Waals surface area contributed by atoms with Gasteiger partial charge in [0.15, 0.2) is 17.5 Å². The Labute approximate surface area is 208 Å². The lowest BCUT2D eigenvalue weighted by Crippen LogP contribution is -2.41. The molecule has 0 saturated carbocycles. The Kier molecular flexibility index (Phi) is 8.50. The third-order valence-corrected chi connectivity index (χ3v) is 6.76. The summed E-state index contributed by atoms with van der Waals surface area (Å²) in [5.74, 6) is -8.81. The van der Waals surface area contributed by atoms with Gasteiger partial charge in [0, 0.05) is 37.2 Å². The summed E-state index contributed by atoms with van der Waals surface area (Å²) in [7, 11) is -4.76. The van der Waals surface area contributed by atoms with Crippen LogP contribution in [0.1, 0.15) is 24.2 Å². The summed E-state index contributed by atoms with van der Waals surface area (Å²) >= 11 is 0. The van der Waals surface area contributed by atoms with E-state index < -0.39 is 92.8 Å². The molecule has 0 unspecified atom stereocenters. The Balaban J connectivity index is 1.93. The van der Waals surface area contributed by atoms with Crippen molar-refractivity contribution in [3.63, 3.8) is 0 Å². The first-order valence-corrected chi connectivity index (χ1v) is 11.9. The number of amides is 1. The molecular formula is C22H20F4N2O8S. The van der Waals surface area contributed by atoms with E-state index in [1.165, 1.54) is 0 Å². The van der Waals surface area contributed by atoms with E-state index in [9.17, 15) is 40.4 Å². The number of rotatable bonds is 6. The van der Waals surface area contributed by atoms with Gasteiger partial charge in [0.1, 0.15) is 16.8 Å². The molecule has 2 atom stereocenters. The summed E-state index contributed by atoms with van der Waals surface area (Å²) in [4.78, 5) is 34.4. The van der Waals surface area contributed by atoms with Gasteiger partial charge in [-0.05, 0) is 18.2 Å². The fraction of sp³-hybridized carbons (Fsp3) is 0.318. The number of halogens is 4. The van der Waals surface area contributed by atoms with Crippen LogP contribution in [-0.2, 0) is 33.8 Å². The quantitative estimate of drug-likeness (QED) is 0.331. The normalized spacial score (nSPS) is 18.5. The molecule has 0 bridgehead atoms. The molecule has 0 spiro atoms. The van der Waals surface area contributed by atoms with E-state index in [0.29, 0.717) is 28.6 Å². The van der Waals surface area contributed by atoms with Crippen LogP contribution in [0.15, 0.2) is 35.2 Å². The fourth-order valence-electron chi connectivity index (χ4n) is 3.36. The molecule has 37 heavy (non-hydrogen) atoms. The number of hydrogen-bond acceptors (Lipinski definition) is 8. The second-order valence-corrected chi connectivity index (χ2v) is 9.69. The molecule has 2 aromatic rings. The van der Waals surface area contributed by atoms with E-state index in [4.69, 9.17) is 14.2 Å². The van der Waals surface area contributed by atoms with Gasteiger partial charge in [0.05, 0.1) is 19.7 Å². The first-order chi connectivity index (χ1) is 17.3. The molecule has 1 heterocycles. The van der Waals surface area contributed by atoms with Crippen LogP contribution in [0, 0.1) is 23.3 Å². The zero-order valence-electron chi connectivity index (χ0n) is 19.3. The Morgan fingerprint density at radius 2 is 1.57 bits per heavy atom. The van der Waals surface area contributed by atoms with Crippen molar-refractivity contribution in [3.05, 3.63) is 59.2 Å². The van der Waals surface area contributed by atoms with Crippen molar-refractivity contribution in [3.8, 4) is 0 Å². The highest BCUT2D eigenvalue weighted by atomic mass is 32.2. The van der Waals surface area contributed by atoms with Crippen LogP contribution in [0.5, 0.6) is 0 Å². The van der Waals surface area contributed by atoms with Crippen LogP contribution < -0.4 is 5.32 Å². The van der Waals surface area contributed by atoms with Crippen LogP contribution in [0.25, 0.3) is 0 Å². The average Bonchev–Trinajstić information content (AvgIpc) is 2.99. The Morgan fingerprint density at radius 1 is 0.946 bits per heavy atom. The highest BCUT2D eigenvalue weighted by Crippen LogP contribution is 2.25. The summed E-state index contributed by atoms with van der Waals surface area (Å²) in [6.07, 6.45) is -2.55. The molecule has 3 rings (SSSR count). The van der Waals surface area contributed by atoms with Crippen LogP contribution in [0.4, 0.5) is 23.2 Å². The van der Waals surface area contributed by atoms with Crippen molar-refractivity contribution in [2.45, 2.75) is 31.1 Å². The first-order valence-electron chi connectivity index (χ1n) is 10.5. The van der Waals surface area contributed by atoms with Crippen molar-refractivity contribution in [2.75, 3.05) is 25.0 Å². The van der Waals surface area contributed by atoms with Gasteiger partial charge in [-0.1, -0.05) is 0 Å². The molecule has 1 saturated heterocycles. The molecule has 1 N–H and O–H groups in total. The first kappa shape index (κ1) is 28.0. The summed E-state index contributed by atoms with van der Waals surface area (Å²) in [6, 6.07) is 3.26. The lowest BCUT2D eigenvalue weighted by atomic mass is 10.2. The maximum Gasteiger partial charge on any atom is 0.304 e. The van der Waals surface area contributed by atoms with E-state index in [2.05, 4.69) is 5.32 Å². The molecule has 10 nitrogen and oxygen atoms in total. The molecule has 0 aliphatic carbocycles. The molecule has 0 radical (unpaired) electrons. The molecular weight excluding hydrogens is 528 g/mol. The number of benzene rings is 2. The predicted molar refractivity (Wildman–Crippen MR) is 116 cm³/mol. The maximum absolute atomic E-state index is 14.7. The van der Waals surface area contributed by atoms with Gasteiger partial charge < -0.3 is 19.5 Å². The minimum Gasteiger partial charge on any atom is -0.459 e. The minimum atomic E-state index is -4.76. The zero-order chi connectivity index (χ0) is 27.5. The number of ether oxygens (including phenoxy) is 3. The lowest BCUT2D eigenvalue weighted by Gasteiger charge is -2.24. The lowest BCUT2D eigenvalue weighted by molar-refractivity contribution is -0.180. The topological polar surface area (TPSA) is 128 Å². The van der Waals surface area contributed by atoms with Gasteiger partial charge in [0.25, 0.3) is 5.91 Å². The third kappa shape index (κ3) is 6.81. The molecule has 2 aromatic carbocycles. The van der Waals surface area contributed by atoms with E-state index in [1.54, 1.807) is 0 Å². The van der Waals surface area contributed by atoms with Gasteiger partial charge in [-0.15, -0.1) is 0 Å². The van der Waals surface area contributed by atoms with E-state index in [-0.39, 0.29) is 6.61 Å². The number of hydrogen-bond donors (Lipinski definition) is 1. The standard InChI is InChI=1S/C22H20F4N2O8S/c1-11(29)35-15-8-28(9-20(34-10-15)36-12(2)30)37(32,33)19-5-13(3-4-16(19)23)22(31)27-14-6-17(24)21(26)18(25)7-14/h3-7,15,20H,8-10H2,1-2H3,(H,27,31)/t15-,20+/m0/s1. The van der Waals surface area contributed by atoms with Crippen molar-refractivity contribution in [2.24, 2.45) is 0 Å². The minimum absolute atomic E-state index is 0.334. The molecule has 1 amide bonds. The highest BCUT2D eigenvalue weighted by molar-refractivity contribution is 7.89. The molecule has 1 aliphatic heterocycles. The second-order valence-electron chi connectivity index (χ2n) is 7.78. The average molecular weight is 548 g/mol. The van der Waals surface area contributed by atoms with Crippen LogP contribution >= 0.6 is 0 Å². The number of esters is 2. The molecule has 200 valence electrons. The number of nitrogens with zero attached hydrogens (tertiary/aromatic N) is 1. The van der Waals surface area contributed by atoms with Gasteiger partial charge >= 0.3 is 11.9 Å². The Morgan fingerprint density at radius 3 is 2.16 bits per heavy atom. The molecule has 0 aromatic heterocycles. The fourth-order valence-corrected chi connectivity index (χ4v) is 4.91. The maximum atomic E-state index is 14.7.